The molecule has 0 saturated carbocycles. The van der Waals surface area contributed by atoms with Gasteiger partial charge < -0.3 is 14.5 Å². The highest BCUT2D eigenvalue weighted by atomic mass is 19.4. The third-order valence-electron chi connectivity index (χ3n) is 8.62. The second kappa shape index (κ2) is 13.8. The van der Waals surface area contributed by atoms with Crippen LogP contribution in [-0.2, 0) is 27.3 Å². The average molecular weight is 669 g/mol. The fourth-order valence-corrected chi connectivity index (χ4v) is 5.94. The van der Waals surface area contributed by atoms with Gasteiger partial charge in [0.25, 0.3) is 0 Å². The van der Waals surface area contributed by atoms with E-state index in [0.29, 0.717) is 60.9 Å². The molecule has 256 valence electrons. The summed E-state index contributed by atoms with van der Waals surface area (Å²) in [6.45, 7) is 12.5. The second-order valence-corrected chi connectivity index (χ2v) is 12.0. The van der Waals surface area contributed by atoms with E-state index in [1.54, 1.807) is 19.1 Å². The van der Waals surface area contributed by atoms with Crippen LogP contribution in [0.2, 0.25) is 0 Å². The van der Waals surface area contributed by atoms with Gasteiger partial charge in [-0.05, 0) is 73.9 Å². The molecule has 2 aromatic carbocycles. The Bertz CT molecular complexity index is 1560. The zero-order valence-electron chi connectivity index (χ0n) is 27.2. The minimum absolute atomic E-state index is 0.0328. The number of aromatic nitrogens is 1. The molecular weight excluding hydrogens is 629 g/mol. The quantitative estimate of drug-likeness (QED) is 0.261. The molecule has 0 spiro atoms. The van der Waals surface area contributed by atoms with Gasteiger partial charge in [0.2, 0.25) is 5.91 Å². The van der Waals surface area contributed by atoms with Gasteiger partial charge in [-0.25, -0.2) is 9.37 Å². The summed E-state index contributed by atoms with van der Waals surface area (Å²) >= 11 is 0. The lowest BCUT2D eigenvalue weighted by Gasteiger charge is -2.44. The number of amides is 1. The predicted molar refractivity (Wildman–Crippen MR) is 167 cm³/mol. The molecule has 0 aliphatic carbocycles. The number of nitrogens with zero attached hydrogens (tertiary/aromatic N) is 4. The van der Waals surface area contributed by atoms with Gasteiger partial charge in [-0.1, -0.05) is 19.9 Å². The number of carbonyl (C=O) groups excluding carboxylic acids is 1. The smallest absolute Gasteiger partial charge is 0.378 e. The van der Waals surface area contributed by atoms with Gasteiger partial charge in [-0.2, -0.15) is 26.3 Å². The first-order valence-electron chi connectivity index (χ1n) is 15.4. The lowest BCUT2D eigenvalue weighted by molar-refractivity contribution is -0.143. The molecule has 5 rings (SSSR count). The van der Waals surface area contributed by atoms with Crippen LogP contribution in [0.4, 0.5) is 42.2 Å². The molecule has 1 atom stereocenters. The Kier molecular flexibility index (Phi) is 10.6. The molecule has 1 unspecified atom stereocenters. The fraction of sp³-hybridized carbons (Fsp3) is 0.471. The van der Waals surface area contributed by atoms with Crippen molar-refractivity contribution in [2.24, 2.45) is 0 Å². The predicted octanol–water partition coefficient (Wildman–Crippen LogP) is 7.72. The number of fused-ring (bicyclic) bond motifs is 1. The maximum absolute atomic E-state index is 14.1. The number of ether oxygens (including phenoxy) is 1. The van der Waals surface area contributed by atoms with E-state index in [-0.39, 0.29) is 17.8 Å². The van der Waals surface area contributed by atoms with Crippen molar-refractivity contribution in [2.75, 3.05) is 56.2 Å². The first-order chi connectivity index (χ1) is 22.0. The van der Waals surface area contributed by atoms with E-state index in [1.165, 1.54) is 44.1 Å². The largest absolute Gasteiger partial charge is 0.416 e. The van der Waals surface area contributed by atoms with E-state index in [1.807, 2.05) is 13.8 Å². The van der Waals surface area contributed by atoms with Gasteiger partial charge in [0.15, 0.2) is 0 Å². The molecule has 2 saturated heterocycles. The number of halogens is 7. The van der Waals surface area contributed by atoms with Crippen LogP contribution in [0.3, 0.4) is 0 Å². The summed E-state index contributed by atoms with van der Waals surface area (Å²) in [6, 6.07) is 7.30. The van der Waals surface area contributed by atoms with Crippen LogP contribution in [0.15, 0.2) is 48.7 Å². The molecule has 6 nitrogen and oxygen atoms in total. The van der Waals surface area contributed by atoms with Gasteiger partial charge in [0.1, 0.15) is 11.6 Å². The zero-order chi connectivity index (χ0) is 34.9. The summed E-state index contributed by atoms with van der Waals surface area (Å²) in [7, 11) is 1.39. The van der Waals surface area contributed by atoms with Crippen LogP contribution < -0.4 is 9.80 Å². The van der Waals surface area contributed by atoms with Crippen molar-refractivity contribution in [1.82, 2.24) is 9.88 Å². The molecule has 0 N–H and O–H groups in total. The minimum Gasteiger partial charge on any atom is -0.378 e. The number of carbonyl (C=O) groups is 1. The fourth-order valence-electron chi connectivity index (χ4n) is 5.94. The third-order valence-corrected chi connectivity index (χ3v) is 8.62. The first kappa shape index (κ1) is 36.1. The number of aryl methyl sites for hydroxylation is 1. The van der Waals surface area contributed by atoms with Crippen LogP contribution in [0.5, 0.6) is 0 Å². The van der Waals surface area contributed by atoms with Gasteiger partial charge >= 0.3 is 12.4 Å². The lowest BCUT2D eigenvalue weighted by Crippen LogP contribution is -2.58. The topological polar surface area (TPSA) is 48.9 Å². The summed E-state index contributed by atoms with van der Waals surface area (Å²) in [5.41, 5.74) is -3.36. The Balaban J connectivity index is 0.00000245. The molecule has 3 heterocycles. The number of hydrogen-bond acceptors (Lipinski definition) is 5. The molecule has 47 heavy (non-hydrogen) atoms. The molecule has 13 heteroatoms. The van der Waals surface area contributed by atoms with Crippen molar-refractivity contribution >= 4 is 17.4 Å². The standard InChI is InChI=1S/C32H33F7N4O2.C2H6/c1-19-11-23(33)5-6-25(19)26-15-28(43-8-7-42-9-10-45-18-24(42)17-43)40-16-27(26)41(4)29(44)30(2,3)20-12-21(31(34,35)36)14-22(13-20)32(37,38)39;1-2/h5-6,11-16,24H,7-10,17-18H2,1-4H3;1-2H3. The number of likely N-dealkylation sites (N-methyl/N-ethyl adjacent to an activating group) is 1. The van der Waals surface area contributed by atoms with E-state index < -0.39 is 46.2 Å². The first-order valence-corrected chi connectivity index (χ1v) is 15.4. The van der Waals surface area contributed by atoms with Gasteiger partial charge in [-0.15, -0.1) is 0 Å². The van der Waals surface area contributed by atoms with E-state index in [9.17, 15) is 35.5 Å². The maximum atomic E-state index is 14.1. The van der Waals surface area contributed by atoms with Crippen LogP contribution >= 0.6 is 0 Å². The Morgan fingerprint density at radius 2 is 1.51 bits per heavy atom. The van der Waals surface area contributed by atoms with Gasteiger partial charge in [0, 0.05) is 38.8 Å². The van der Waals surface area contributed by atoms with Crippen molar-refractivity contribution in [2.45, 2.75) is 58.4 Å². The molecule has 3 aromatic rings. The Hall–Kier alpha value is -3.71. The number of benzene rings is 2. The molecule has 2 fully saturated rings. The average Bonchev–Trinajstić information content (AvgIpc) is 3.03. The number of rotatable bonds is 5. The van der Waals surface area contributed by atoms with Crippen molar-refractivity contribution < 1.29 is 40.3 Å². The monoisotopic (exact) mass is 668 g/mol. The summed E-state index contributed by atoms with van der Waals surface area (Å²) in [5, 5.41) is 0. The normalized spacial score (nSPS) is 17.5. The third kappa shape index (κ3) is 7.72. The molecular formula is C34H39F7N4O2. The van der Waals surface area contributed by atoms with Gasteiger partial charge in [0.05, 0.1) is 47.7 Å². The van der Waals surface area contributed by atoms with Crippen molar-refractivity contribution in [3.8, 4) is 11.1 Å². The molecule has 0 bridgehead atoms. The highest BCUT2D eigenvalue weighted by molar-refractivity contribution is 6.03. The Morgan fingerprint density at radius 3 is 2.11 bits per heavy atom. The number of morpholine rings is 1. The molecule has 1 aromatic heterocycles. The Labute approximate surface area is 270 Å². The summed E-state index contributed by atoms with van der Waals surface area (Å²) in [5.74, 6) is -0.620. The van der Waals surface area contributed by atoms with Crippen molar-refractivity contribution in [1.29, 1.82) is 0 Å². The highest BCUT2D eigenvalue weighted by Gasteiger charge is 2.41. The van der Waals surface area contributed by atoms with E-state index in [0.717, 1.165) is 13.1 Å². The maximum Gasteiger partial charge on any atom is 0.416 e. The second-order valence-electron chi connectivity index (χ2n) is 12.0. The highest BCUT2D eigenvalue weighted by Crippen LogP contribution is 2.41. The summed E-state index contributed by atoms with van der Waals surface area (Å²) < 4.78 is 102. The number of hydrogen-bond donors (Lipinski definition) is 0. The Morgan fingerprint density at radius 1 is 0.894 bits per heavy atom. The van der Waals surface area contributed by atoms with E-state index >= 15 is 0 Å². The lowest BCUT2D eigenvalue weighted by atomic mass is 9.81. The number of pyridine rings is 1. The van der Waals surface area contributed by atoms with Crippen LogP contribution in [0.1, 0.15) is 49.9 Å². The van der Waals surface area contributed by atoms with Crippen LogP contribution in [-0.4, -0.2) is 68.3 Å². The molecule has 2 aliphatic rings. The summed E-state index contributed by atoms with van der Waals surface area (Å²) in [4.78, 5) is 24.2. The van der Waals surface area contributed by atoms with E-state index in [4.69, 9.17) is 4.74 Å². The van der Waals surface area contributed by atoms with Crippen molar-refractivity contribution in [3.63, 3.8) is 0 Å². The molecule has 2 aliphatic heterocycles. The molecule has 1 amide bonds. The zero-order valence-corrected chi connectivity index (χ0v) is 27.2. The molecule has 0 radical (unpaired) electrons. The SMILES string of the molecule is CC.Cc1cc(F)ccc1-c1cc(N2CCN3CCOCC3C2)ncc1N(C)C(=O)C(C)(C)c1cc(C(F)(F)F)cc(C(F)(F)F)c1. The van der Waals surface area contributed by atoms with Crippen LogP contribution in [0, 0.1) is 12.7 Å². The van der Waals surface area contributed by atoms with E-state index in [2.05, 4.69) is 14.8 Å². The van der Waals surface area contributed by atoms with Crippen molar-refractivity contribution in [3.05, 3.63) is 76.7 Å². The van der Waals surface area contributed by atoms with Gasteiger partial charge in [-0.3, -0.25) is 9.69 Å². The van der Waals surface area contributed by atoms with Crippen LogP contribution in [0.25, 0.3) is 11.1 Å². The number of piperazine rings is 1. The minimum atomic E-state index is -5.07. The number of anilines is 2. The summed E-state index contributed by atoms with van der Waals surface area (Å²) in [6.07, 6.45) is -8.68. The number of alkyl halides is 6.